The number of methoxy groups -OCH3 is 1. The van der Waals surface area contributed by atoms with Crippen molar-refractivity contribution in [3.8, 4) is 11.6 Å². The molecule has 7 heteroatoms. The minimum absolute atomic E-state index is 0.408. The highest BCUT2D eigenvalue weighted by Gasteiger charge is 2.15. The Hall–Kier alpha value is -2.67. The molecule has 0 amide bonds. The van der Waals surface area contributed by atoms with Crippen LogP contribution in [0.1, 0.15) is 11.4 Å². The van der Waals surface area contributed by atoms with E-state index in [9.17, 15) is 0 Å². The van der Waals surface area contributed by atoms with Crippen molar-refractivity contribution >= 4 is 37.7 Å². The van der Waals surface area contributed by atoms with Crippen LogP contribution in [0.3, 0.4) is 0 Å². The van der Waals surface area contributed by atoms with E-state index in [4.69, 9.17) is 9.47 Å². The fourth-order valence-electron chi connectivity index (χ4n) is 2.73. The second kappa shape index (κ2) is 6.33. The number of H-pyrrole nitrogens is 1. The number of hydrogen-bond donors (Lipinski definition) is 1. The number of fused-ring (bicyclic) bond motifs is 3. The van der Waals surface area contributed by atoms with Gasteiger partial charge in [0.2, 0.25) is 5.88 Å². The molecule has 0 aliphatic heterocycles. The van der Waals surface area contributed by atoms with Gasteiger partial charge in [-0.05, 0) is 46.6 Å². The summed E-state index contributed by atoms with van der Waals surface area (Å²) in [4.78, 5) is 9.06. The number of ether oxygens (including phenoxy) is 2. The smallest absolute Gasteiger partial charge is 0.226 e. The van der Waals surface area contributed by atoms with Gasteiger partial charge in [0.05, 0.1) is 29.7 Å². The topological polar surface area (TPSA) is 72.9 Å². The molecule has 0 aliphatic carbocycles. The molecular formula is C18H15BrN4O2. The van der Waals surface area contributed by atoms with Gasteiger partial charge in [-0.25, -0.2) is 4.98 Å². The second-order valence-electron chi connectivity index (χ2n) is 5.63. The molecule has 0 atom stereocenters. The van der Waals surface area contributed by atoms with Gasteiger partial charge in [-0.3, -0.25) is 5.10 Å². The van der Waals surface area contributed by atoms with Crippen molar-refractivity contribution in [2.75, 3.05) is 7.11 Å². The quantitative estimate of drug-likeness (QED) is 0.558. The summed E-state index contributed by atoms with van der Waals surface area (Å²) in [5.41, 5.74) is 2.76. The summed E-state index contributed by atoms with van der Waals surface area (Å²) in [7, 11) is 1.65. The lowest BCUT2D eigenvalue weighted by molar-refractivity contribution is 0.296. The van der Waals surface area contributed by atoms with Crippen LogP contribution < -0.4 is 9.47 Å². The Kier molecular flexibility index (Phi) is 4.01. The maximum atomic E-state index is 6.01. The number of aryl methyl sites for hydroxylation is 1. The van der Waals surface area contributed by atoms with E-state index in [0.717, 1.165) is 37.6 Å². The molecule has 4 rings (SSSR count). The van der Waals surface area contributed by atoms with Gasteiger partial charge in [-0.15, -0.1) is 0 Å². The summed E-state index contributed by atoms with van der Waals surface area (Å²) in [6, 6.07) is 9.72. The SMILES string of the molecule is COc1ccc(COc2nc(C)nc3c2c(Br)cc2[nH]ncc23)cc1. The average Bonchev–Trinajstić information content (AvgIpc) is 3.08. The van der Waals surface area contributed by atoms with E-state index >= 15 is 0 Å². The molecule has 0 fully saturated rings. The third kappa shape index (κ3) is 2.91. The lowest BCUT2D eigenvalue weighted by Crippen LogP contribution is -2.01. The second-order valence-corrected chi connectivity index (χ2v) is 6.48. The van der Waals surface area contributed by atoms with Gasteiger partial charge in [0.15, 0.2) is 0 Å². The molecule has 25 heavy (non-hydrogen) atoms. The summed E-state index contributed by atoms with van der Waals surface area (Å²) in [6.07, 6.45) is 1.77. The molecule has 6 nitrogen and oxygen atoms in total. The molecule has 1 N–H and O–H groups in total. The number of nitrogens with zero attached hydrogens (tertiary/aromatic N) is 3. The highest BCUT2D eigenvalue weighted by molar-refractivity contribution is 9.10. The maximum absolute atomic E-state index is 6.01. The first kappa shape index (κ1) is 15.8. The number of aromatic nitrogens is 4. The van der Waals surface area contributed by atoms with Crippen LogP contribution in [0.15, 0.2) is 41.0 Å². The number of nitrogens with one attached hydrogen (secondary N) is 1. The van der Waals surface area contributed by atoms with E-state index in [-0.39, 0.29) is 0 Å². The zero-order valence-electron chi connectivity index (χ0n) is 13.7. The lowest BCUT2D eigenvalue weighted by Gasteiger charge is -2.11. The Morgan fingerprint density at radius 3 is 2.72 bits per heavy atom. The van der Waals surface area contributed by atoms with E-state index in [1.807, 2.05) is 37.3 Å². The highest BCUT2D eigenvalue weighted by Crippen LogP contribution is 2.35. The van der Waals surface area contributed by atoms with Gasteiger partial charge in [0, 0.05) is 9.86 Å². The van der Waals surface area contributed by atoms with Crippen molar-refractivity contribution in [1.82, 2.24) is 20.2 Å². The van der Waals surface area contributed by atoms with Crippen LogP contribution in [-0.4, -0.2) is 27.3 Å². The number of halogens is 1. The largest absolute Gasteiger partial charge is 0.497 e. The van der Waals surface area contributed by atoms with Crippen molar-refractivity contribution in [2.24, 2.45) is 0 Å². The predicted octanol–water partition coefficient (Wildman–Crippen LogP) is 4.16. The van der Waals surface area contributed by atoms with Crippen LogP contribution in [0, 0.1) is 6.92 Å². The summed E-state index contributed by atoms with van der Waals surface area (Å²) in [5.74, 6) is 2.02. The molecule has 0 aliphatic rings. The molecule has 126 valence electrons. The van der Waals surface area contributed by atoms with Crippen molar-refractivity contribution in [3.63, 3.8) is 0 Å². The Labute approximate surface area is 152 Å². The van der Waals surface area contributed by atoms with E-state index in [1.54, 1.807) is 13.3 Å². The first-order valence-corrected chi connectivity index (χ1v) is 8.50. The zero-order valence-corrected chi connectivity index (χ0v) is 15.3. The molecule has 2 aromatic carbocycles. The maximum Gasteiger partial charge on any atom is 0.226 e. The third-order valence-electron chi connectivity index (χ3n) is 3.96. The van der Waals surface area contributed by atoms with E-state index in [0.29, 0.717) is 18.3 Å². The number of benzene rings is 2. The molecule has 2 aromatic heterocycles. The minimum atomic E-state index is 0.408. The van der Waals surface area contributed by atoms with Crippen LogP contribution >= 0.6 is 15.9 Å². The van der Waals surface area contributed by atoms with Crippen molar-refractivity contribution in [3.05, 3.63) is 52.4 Å². The lowest BCUT2D eigenvalue weighted by atomic mass is 10.1. The van der Waals surface area contributed by atoms with Gasteiger partial charge in [-0.1, -0.05) is 12.1 Å². The summed E-state index contributed by atoms with van der Waals surface area (Å²) in [5, 5.41) is 8.85. The highest BCUT2D eigenvalue weighted by atomic mass is 79.9. The van der Waals surface area contributed by atoms with E-state index < -0.39 is 0 Å². The molecule has 4 aromatic rings. The molecule has 0 spiro atoms. The molecule has 0 saturated heterocycles. The normalized spacial score (nSPS) is 11.2. The molecule has 0 bridgehead atoms. The van der Waals surface area contributed by atoms with Gasteiger partial charge >= 0.3 is 0 Å². The number of aromatic amines is 1. The molecule has 0 unspecified atom stereocenters. The van der Waals surface area contributed by atoms with Gasteiger partial charge in [0.1, 0.15) is 18.2 Å². The monoisotopic (exact) mass is 398 g/mol. The fraction of sp³-hybridized carbons (Fsp3) is 0.167. The molecule has 0 radical (unpaired) electrons. The van der Waals surface area contributed by atoms with Crippen LogP contribution in [-0.2, 0) is 6.61 Å². The van der Waals surface area contributed by atoms with Gasteiger partial charge < -0.3 is 9.47 Å². The predicted molar refractivity (Wildman–Crippen MR) is 99.0 cm³/mol. The van der Waals surface area contributed by atoms with Crippen LogP contribution in [0.5, 0.6) is 11.6 Å². The number of hydrogen-bond acceptors (Lipinski definition) is 5. The van der Waals surface area contributed by atoms with E-state index in [2.05, 4.69) is 36.1 Å². The minimum Gasteiger partial charge on any atom is -0.497 e. The Morgan fingerprint density at radius 2 is 1.96 bits per heavy atom. The van der Waals surface area contributed by atoms with Crippen molar-refractivity contribution in [1.29, 1.82) is 0 Å². The Morgan fingerprint density at radius 1 is 1.16 bits per heavy atom. The van der Waals surface area contributed by atoms with Gasteiger partial charge in [-0.2, -0.15) is 10.1 Å². The Balaban J connectivity index is 1.75. The van der Waals surface area contributed by atoms with Crippen LogP contribution in [0.25, 0.3) is 21.8 Å². The van der Waals surface area contributed by atoms with E-state index in [1.165, 1.54) is 0 Å². The number of rotatable bonds is 4. The Bertz CT molecular complexity index is 1060. The summed E-state index contributed by atoms with van der Waals surface area (Å²) >= 11 is 3.60. The average molecular weight is 399 g/mol. The van der Waals surface area contributed by atoms with Crippen molar-refractivity contribution in [2.45, 2.75) is 13.5 Å². The molecular weight excluding hydrogens is 384 g/mol. The van der Waals surface area contributed by atoms with Crippen LogP contribution in [0.2, 0.25) is 0 Å². The van der Waals surface area contributed by atoms with Gasteiger partial charge in [0.25, 0.3) is 0 Å². The first-order chi connectivity index (χ1) is 12.2. The molecule has 0 saturated carbocycles. The molecule has 2 heterocycles. The van der Waals surface area contributed by atoms with Crippen molar-refractivity contribution < 1.29 is 9.47 Å². The fourth-order valence-corrected chi connectivity index (χ4v) is 3.31. The standard InChI is InChI=1S/C18H15BrN4O2/c1-10-21-17-13-8-20-23-15(13)7-14(19)16(17)18(22-10)25-9-11-3-5-12(24-2)6-4-11/h3-8H,9H2,1-2H3,(H,20,23). The van der Waals surface area contributed by atoms with Crippen LogP contribution in [0.4, 0.5) is 0 Å². The third-order valence-corrected chi connectivity index (χ3v) is 4.58. The zero-order chi connectivity index (χ0) is 17.4. The first-order valence-electron chi connectivity index (χ1n) is 7.71. The summed E-state index contributed by atoms with van der Waals surface area (Å²) in [6.45, 7) is 2.26. The summed E-state index contributed by atoms with van der Waals surface area (Å²) < 4.78 is 12.1.